The highest BCUT2D eigenvalue weighted by atomic mass is 32.2. The Kier molecular flexibility index (Phi) is 5.63. The molecular weight excluding hydrogens is 334 g/mol. The highest BCUT2D eigenvalue weighted by Gasteiger charge is 2.28. The van der Waals surface area contributed by atoms with Crippen LogP contribution in [0.3, 0.4) is 0 Å². The van der Waals surface area contributed by atoms with Gasteiger partial charge in [0.2, 0.25) is 5.91 Å². The minimum absolute atomic E-state index is 0.101. The van der Waals surface area contributed by atoms with E-state index in [9.17, 15) is 19.5 Å². The lowest BCUT2D eigenvalue weighted by Crippen LogP contribution is -2.42. The summed E-state index contributed by atoms with van der Waals surface area (Å²) < 4.78 is 0. The number of hydrogen-bond acceptors (Lipinski definition) is 5. The van der Waals surface area contributed by atoms with Crippen LogP contribution < -0.4 is 5.32 Å². The summed E-state index contributed by atoms with van der Waals surface area (Å²) in [5, 5.41) is 30.5. The van der Waals surface area contributed by atoms with Gasteiger partial charge in [-0.1, -0.05) is 18.2 Å². The molecule has 2 rings (SSSR count). The fraction of sp³-hybridized carbons (Fsp3) is 0.312. The van der Waals surface area contributed by atoms with E-state index in [4.69, 9.17) is 10.2 Å². The number of carbonyl (C=O) groups is 3. The van der Waals surface area contributed by atoms with Crippen LogP contribution in [-0.2, 0) is 9.59 Å². The fourth-order valence-electron chi connectivity index (χ4n) is 2.38. The standard InChI is InChI=1S/C16H17NO6S/c1-8(18)17-12(16(22)23)7-24-13-5-3-9-6-10(15(20)21)2-4-11(9)14(13)19/h2-6,12-14,19H,7H2,1H3,(H,17,18)(H,20,21)(H,22,23)/t12-,13+,14+/m0/s1. The van der Waals surface area contributed by atoms with Crippen molar-refractivity contribution in [2.75, 3.05) is 5.75 Å². The SMILES string of the molecule is CC(=O)N[C@@H](CS[C@@H]1C=Cc2cc(C(=O)O)ccc2[C@H]1O)C(=O)O. The zero-order valence-electron chi connectivity index (χ0n) is 12.8. The molecule has 1 amide bonds. The number of aliphatic carboxylic acids is 1. The Morgan fingerprint density at radius 1 is 1.29 bits per heavy atom. The molecule has 1 aliphatic rings. The van der Waals surface area contributed by atoms with Crippen LogP contribution in [0.5, 0.6) is 0 Å². The van der Waals surface area contributed by atoms with Crippen molar-refractivity contribution in [1.29, 1.82) is 0 Å². The number of aromatic carboxylic acids is 1. The van der Waals surface area contributed by atoms with Gasteiger partial charge >= 0.3 is 11.9 Å². The number of aliphatic hydroxyl groups is 1. The van der Waals surface area contributed by atoms with Gasteiger partial charge in [0.25, 0.3) is 0 Å². The Labute approximate surface area is 142 Å². The Bertz CT molecular complexity index is 702. The van der Waals surface area contributed by atoms with E-state index in [0.29, 0.717) is 11.1 Å². The smallest absolute Gasteiger partial charge is 0.335 e. The number of nitrogens with one attached hydrogen (secondary N) is 1. The number of carbonyl (C=O) groups excluding carboxylic acids is 1. The van der Waals surface area contributed by atoms with Gasteiger partial charge < -0.3 is 20.6 Å². The molecule has 0 aliphatic heterocycles. The van der Waals surface area contributed by atoms with Crippen molar-refractivity contribution in [3.05, 3.63) is 41.0 Å². The number of carboxylic acids is 2. The largest absolute Gasteiger partial charge is 0.480 e. The molecule has 7 nitrogen and oxygen atoms in total. The van der Waals surface area contributed by atoms with Crippen LogP contribution in [0.4, 0.5) is 0 Å². The summed E-state index contributed by atoms with van der Waals surface area (Å²) in [4.78, 5) is 33.1. The van der Waals surface area contributed by atoms with Gasteiger partial charge in [-0.15, -0.1) is 11.8 Å². The topological polar surface area (TPSA) is 124 Å². The molecule has 0 bridgehead atoms. The molecule has 0 unspecified atom stereocenters. The summed E-state index contributed by atoms with van der Waals surface area (Å²) in [6.45, 7) is 1.24. The van der Waals surface area contributed by atoms with E-state index in [2.05, 4.69) is 5.32 Å². The molecule has 24 heavy (non-hydrogen) atoms. The molecule has 0 saturated carbocycles. The number of hydrogen-bond donors (Lipinski definition) is 4. The fourth-order valence-corrected chi connectivity index (χ4v) is 3.54. The monoisotopic (exact) mass is 351 g/mol. The highest BCUT2D eigenvalue weighted by molar-refractivity contribution is 8.00. The van der Waals surface area contributed by atoms with Crippen LogP contribution in [0.1, 0.15) is 34.5 Å². The molecule has 0 saturated heterocycles. The van der Waals surface area contributed by atoms with Crippen molar-refractivity contribution in [3.8, 4) is 0 Å². The second-order valence-electron chi connectivity index (χ2n) is 5.34. The molecule has 1 aromatic carbocycles. The van der Waals surface area contributed by atoms with E-state index < -0.39 is 30.0 Å². The summed E-state index contributed by atoms with van der Waals surface area (Å²) in [7, 11) is 0. The van der Waals surface area contributed by atoms with E-state index in [1.54, 1.807) is 18.2 Å². The van der Waals surface area contributed by atoms with Crippen LogP contribution in [0, 0.1) is 0 Å². The maximum absolute atomic E-state index is 11.1. The average Bonchev–Trinajstić information content (AvgIpc) is 2.52. The highest BCUT2D eigenvalue weighted by Crippen LogP contribution is 2.35. The molecule has 128 valence electrons. The van der Waals surface area contributed by atoms with Gasteiger partial charge in [-0.2, -0.15) is 0 Å². The van der Waals surface area contributed by atoms with E-state index in [1.807, 2.05) is 0 Å². The summed E-state index contributed by atoms with van der Waals surface area (Å²) in [6.07, 6.45) is 2.53. The minimum atomic E-state index is -1.14. The number of benzene rings is 1. The van der Waals surface area contributed by atoms with Crippen LogP contribution in [0.15, 0.2) is 24.3 Å². The van der Waals surface area contributed by atoms with Gasteiger partial charge in [0.1, 0.15) is 6.04 Å². The van der Waals surface area contributed by atoms with Crippen molar-refractivity contribution in [2.45, 2.75) is 24.3 Å². The molecule has 3 atom stereocenters. The summed E-state index contributed by atoms with van der Waals surface area (Å²) in [6, 6.07) is 3.42. The third kappa shape index (κ3) is 4.15. The third-order valence-electron chi connectivity index (χ3n) is 3.56. The number of carboxylic acid groups (broad SMARTS) is 2. The minimum Gasteiger partial charge on any atom is -0.480 e. The molecule has 0 heterocycles. The Hall–Kier alpha value is -2.32. The van der Waals surface area contributed by atoms with E-state index in [-0.39, 0.29) is 16.6 Å². The second-order valence-corrected chi connectivity index (χ2v) is 6.55. The van der Waals surface area contributed by atoms with Crippen LogP contribution in [0.25, 0.3) is 6.08 Å². The molecule has 1 aromatic rings. The first-order valence-corrected chi connectivity index (χ1v) is 8.19. The summed E-state index contributed by atoms with van der Waals surface area (Å²) >= 11 is 1.21. The maximum Gasteiger partial charge on any atom is 0.335 e. The predicted molar refractivity (Wildman–Crippen MR) is 88.9 cm³/mol. The number of amides is 1. The van der Waals surface area contributed by atoms with E-state index in [1.165, 1.54) is 30.8 Å². The Morgan fingerprint density at radius 2 is 2.00 bits per heavy atom. The van der Waals surface area contributed by atoms with Gasteiger partial charge in [-0.25, -0.2) is 9.59 Å². The van der Waals surface area contributed by atoms with Crippen LogP contribution >= 0.6 is 11.8 Å². The van der Waals surface area contributed by atoms with Gasteiger partial charge in [-0.05, 0) is 23.3 Å². The van der Waals surface area contributed by atoms with Crippen molar-refractivity contribution < 1.29 is 29.7 Å². The van der Waals surface area contributed by atoms with Gasteiger partial charge in [0, 0.05) is 12.7 Å². The number of fused-ring (bicyclic) bond motifs is 1. The molecule has 0 fully saturated rings. The first kappa shape index (κ1) is 18.0. The predicted octanol–water partition coefficient (Wildman–Crippen LogP) is 1.14. The van der Waals surface area contributed by atoms with Crippen molar-refractivity contribution in [2.24, 2.45) is 0 Å². The van der Waals surface area contributed by atoms with Crippen LogP contribution in [0.2, 0.25) is 0 Å². The third-order valence-corrected chi connectivity index (χ3v) is 4.89. The maximum atomic E-state index is 11.1. The Balaban J connectivity index is 2.09. The van der Waals surface area contributed by atoms with E-state index >= 15 is 0 Å². The molecule has 4 N–H and O–H groups in total. The Morgan fingerprint density at radius 3 is 2.58 bits per heavy atom. The first-order valence-electron chi connectivity index (χ1n) is 7.14. The molecule has 0 spiro atoms. The average molecular weight is 351 g/mol. The lowest BCUT2D eigenvalue weighted by molar-refractivity contribution is -0.140. The molecule has 8 heteroatoms. The lowest BCUT2D eigenvalue weighted by Gasteiger charge is -2.26. The lowest BCUT2D eigenvalue weighted by atomic mass is 9.93. The van der Waals surface area contributed by atoms with E-state index in [0.717, 1.165) is 0 Å². The second kappa shape index (κ2) is 7.50. The normalized spacial score (nSPS) is 20.1. The quantitative estimate of drug-likeness (QED) is 0.606. The molecule has 0 aromatic heterocycles. The molecule has 1 aliphatic carbocycles. The van der Waals surface area contributed by atoms with Gasteiger partial charge in [-0.3, -0.25) is 4.79 Å². The number of thioether (sulfide) groups is 1. The molecular formula is C16H17NO6S. The van der Waals surface area contributed by atoms with Crippen molar-refractivity contribution in [1.82, 2.24) is 5.32 Å². The van der Waals surface area contributed by atoms with Gasteiger partial charge in [0.05, 0.1) is 16.9 Å². The number of aliphatic hydroxyl groups excluding tert-OH is 1. The molecule has 0 radical (unpaired) electrons. The summed E-state index contributed by atoms with van der Waals surface area (Å²) in [5.74, 6) is -2.52. The first-order chi connectivity index (χ1) is 11.3. The number of rotatable bonds is 6. The van der Waals surface area contributed by atoms with Gasteiger partial charge in [0.15, 0.2) is 0 Å². The van der Waals surface area contributed by atoms with Crippen molar-refractivity contribution >= 4 is 35.7 Å². The van der Waals surface area contributed by atoms with Crippen LogP contribution in [-0.4, -0.2) is 50.2 Å². The summed E-state index contributed by atoms with van der Waals surface area (Å²) in [5.41, 5.74) is 1.34. The zero-order valence-corrected chi connectivity index (χ0v) is 13.6. The van der Waals surface area contributed by atoms with Crippen molar-refractivity contribution in [3.63, 3.8) is 0 Å². The zero-order chi connectivity index (χ0) is 17.9.